The molecule has 1 atom stereocenters. The second-order valence-corrected chi connectivity index (χ2v) is 5.51. The smallest absolute Gasteiger partial charge is 0.303 e. The van der Waals surface area contributed by atoms with Crippen LogP contribution in [0.4, 0.5) is 0 Å². The minimum Gasteiger partial charge on any atom is -0.481 e. The van der Waals surface area contributed by atoms with Crippen molar-refractivity contribution in [3.05, 3.63) is 0 Å². The summed E-state index contributed by atoms with van der Waals surface area (Å²) in [6, 6.07) is 0. The average Bonchev–Trinajstić information content (AvgIpc) is 2.56. The van der Waals surface area contributed by atoms with Crippen LogP contribution >= 0.6 is 0 Å². The number of likely N-dealkylation sites (tertiary alicyclic amines) is 1. The number of rotatable bonds is 7. The van der Waals surface area contributed by atoms with Gasteiger partial charge < -0.3 is 15.3 Å². The Bertz CT molecular complexity index is 286. The quantitative estimate of drug-likeness (QED) is 0.735. The van der Waals surface area contributed by atoms with E-state index in [0.717, 1.165) is 19.6 Å². The first-order valence-corrected chi connectivity index (χ1v) is 7.29. The summed E-state index contributed by atoms with van der Waals surface area (Å²) in [5.74, 6) is -0.982. The molecule has 1 rings (SSSR count). The summed E-state index contributed by atoms with van der Waals surface area (Å²) in [6.45, 7) is 5.62. The molecule has 19 heavy (non-hydrogen) atoms. The lowest BCUT2D eigenvalue weighted by Crippen LogP contribution is -2.36. The fourth-order valence-corrected chi connectivity index (χ4v) is 2.47. The largest absolute Gasteiger partial charge is 0.481 e. The van der Waals surface area contributed by atoms with Gasteiger partial charge in [0.05, 0.1) is 0 Å². The van der Waals surface area contributed by atoms with Gasteiger partial charge >= 0.3 is 5.97 Å². The van der Waals surface area contributed by atoms with Crippen LogP contribution in [0.3, 0.4) is 0 Å². The molecule has 0 saturated carbocycles. The first kappa shape index (κ1) is 16.0. The van der Waals surface area contributed by atoms with Gasteiger partial charge in [-0.2, -0.15) is 0 Å². The van der Waals surface area contributed by atoms with Crippen LogP contribution in [-0.2, 0) is 9.59 Å². The third kappa shape index (κ3) is 7.82. The Morgan fingerprint density at radius 2 is 1.79 bits per heavy atom. The van der Waals surface area contributed by atoms with Gasteiger partial charge in [0.2, 0.25) is 5.91 Å². The average molecular weight is 270 g/mol. The molecule has 110 valence electrons. The van der Waals surface area contributed by atoms with Crippen molar-refractivity contribution in [2.24, 2.45) is 5.92 Å². The van der Waals surface area contributed by atoms with E-state index < -0.39 is 5.97 Å². The number of aliphatic carboxylic acids is 1. The highest BCUT2D eigenvalue weighted by molar-refractivity contribution is 5.77. The van der Waals surface area contributed by atoms with Gasteiger partial charge in [-0.05, 0) is 31.8 Å². The van der Waals surface area contributed by atoms with Gasteiger partial charge in [-0.3, -0.25) is 9.59 Å². The molecule has 1 saturated heterocycles. The summed E-state index contributed by atoms with van der Waals surface area (Å²) >= 11 is 0. The zero-order valence-electron chi connectivity index (χ0n) is 11.9. The first-order valence-electron chi connectivity index (χ1n) is 7.29. The van der Waals surface area contributed by atoms with E-state index in [2.05, 4.69) is 10.2 Å². The second-order valence-electron chi connectivity index (χ2n) is 5.51. The Hall–Kier alpha value is -1.10. The minimum atomic E-state index is -0.843. The molecule has 0 radical (unpaired) electrons. The summed E-state index contributed by atoms with van der Waals surface area (Å²) in [6.07, 6.45) is 5.49. The van der Waals surface area contributed by atoms with Gasteiger partial charge in [-0.15, -0.1) is 0 Å². The number of nitrogens with zero attached hydrogens (tertiary/aromatic N) is 1. The van der Waals surface area contributed by atoms with E-state index in [0.29, 0.717) is 13.0 Å². The highest BCUT2D eigenvalue weighted by Crippen LogP contribution is 2.09. The van der Waals surface area contributed by atoms with Crippen molar-refractivity contribution in [2.75, 3.05) is 26.2 Å². The molecule has 5 heteroatoms. The molecule has 0 aromatic rings. The maximum atomic E-state index is 11.6. The predicted molar refractivity (Wildman–Crippen MR) is 74.0 cm³/mol. The zero-order valence-corrected chi connectivity index (χ0v) is 11.9. The van der Waals surface area contributed by atoms with Crippen LogP contribution in [0.5, 0.6) is 0 Å². The SMILES string of the molecule is CC(CC(=O)O)CC(=O)NCCN1CCCCCC1. The lowest BCUT2D eigenvalue weighted by molar-refractivity contribution is -0.138. The molecular weight excluding hydrogens is 244 g/mol. The fraction of sp³-hybridized carbons (Fsp3) is 0.857. The standard InChI is InChI=1S/C14H26N2O3/c1-12(11-14(18)19)10-13(17)15-6-9-16-7-4-2-3-5-8-16/h12H,2-11H2,1H3,(H,15,17)(H,18,19). The number of carboxylic acid groups (broad SMARTS) is 1. The molecule has 0 spiro atoms. The van der Waals surface area contributed by atoms with E-state index in [-0.39, 0.29) is 18.2 Å². The number of hydrogen-bond donors (Lipinski definition) is 2. The topological polar surface area (TPSA) is 69.6 Å². The lowest BCUT2D eigenvalue weighted by Gasteiger charge is -2.20. The maximum absolute atomic E-state index is 11.6. The van der Waals surface area contributed by atoms with E-state index >= 15 is 0 Å². The molecular formula is C14H26N2O3. The first-order chi connectivity index (χ1) is 9.08. The van der Waals surface area contributed by atoms with E-state index in [4.69, 9.17) is 5.11 Å². The Kier molecular flexibility index (Phi) is 7.48. The van der Waals surface area contributed by atoms with Crippen molar-refractivity contribution < 1.29 is 14.7 Å². The molecule has 1 aliphatic rings. The van der Waals surface area contributed by atoms with Crippen LogP contribution in [0.2, 0.25) is 0 Å². The number of nitrogens with one attached hydrogen (secondary N) is 1. The summed E-state index contributed by atoms with van der Waals surface area (Å²) in [7, 11) is 0. The molecule has 1 aliphatic heterocycles. The molecule has 1 heterocycles. The molecule has 1 unspecified atom stereocenters. The summed E-state index contributed by atoms with van der Waals surface area (Å²) < 4.78 is 0. The monoisotopic (exact) mass is 270 g/mol. The minimum absolute atomic E-state index is 0.0384. The molecule has 0 aliphatic carbocycles. The Balaban J connectivity index is 2.10. The van der Waals surface area contributed by atoms with Crippen molar-refractivity contribution in [2.45, 2.75) is 45.4 Å². The van der Waals surface area contributed by atoms with Crippen molar-refractivity contribution in [1.29, 1.82) is 0 Å². The maximum Gasteiger partial charge on any atom is 0.303 e. The zero-order chi connectivity index (χ0) is 14.1. The third-order valence-electron chi connectivity index (χ3n) is 3.51. The van der Waals surface area contributed by atoms with Crippen LogP contribution in [0.1, 0.15) is 45.4 Å². The van der Waals surface area contributed by atoms with Gasteiger partial charge in [-0.1, -0.05) is 19.8 Å². The highest BCUT2D eigenvalue weighted by Gasteiger charge is 2.13. The van der Waals surface area contributed by atoms with Gasteiger partial charge in [0, 0.05) is 25.9 Å². The number of carbonyl (C=O) groups excluding carboxylic acids is 1. The van der Waals surface area contributed by atoms with Crippen molar-refractivity contribution in [3.63, 3.8) is 0 Å². The predicted octanol–water partition coefficient (Wildman–Crippen LogP) is 1.48. The van der Waals surface area contributed by atoms with Crippen LogP contribution in [-0.4, -0.2) is 48.1 Å². The summed E-state index contributed by atoms with van der Waals surface area (Å²) in [5.41, 5.74) is 0. The van der Waals surface area contributed by atoms with Gasteiger partial charge in [-0.25, -0.2) is 0 Å². The highest BCUT2D eigenvalue weighted by atomic mass is 16.4. The van der Waals surface area contributed by atoms with E-state index in [1.807, 2.05) is 0 Å². The number of amides is 1. The summed E-state index contributed by atoms with van der Waals surface area (Å²) in [4.78, 5) is 24.5. The third-order valence-corrected chi connectivity index (χ3v) is 3.51. The Morgan fingerprint density at radius 3 is 2.37 bits per heavy atom. The van der Waals surface area contributed by atoms with Gasteiger partial charge in [0.25, 0.3) is 0 Å². The number of carbonyl (C=O) groups is 2. The molecule has 0 bridgehead atoms. The molecule has 0 aromatic heterocycles. The Labute approximate surface area is 115 Å². The van der Waals surface area contributed by atoms with E-state index in [1.54, 1.807) is 6.92 Å². The molecule has 2 N–H and O–H groups in total. The van der Waals surface area contributed by atoms with Crippen LogP contribution < -0.4 is 5.32 Å². The van der Waals surface area contributed by atoms with Gasteiger partial charge in [0.1, 0.15) is 0 Å². The van der Waals surface area contributed by atoms with Crippen LogP contribution in [0, 0.1) is 5.92 Å². The number of carboxylic acids is 1. The van der Waals surface area contributed by atoms with E-state index in [1.165, 1.54) is 25.7 Å². The van der Waals surface area contributed by atoms with E-state index in [9.17, 15) is 9.59 Å². The Morgan fingerprint density at radius 1 is 1.16 bits per heavy atom. The van der Waals surface area contributed by atoms with Gasteiger partial charge in [0.15, 0.2) is 0 Å². The molecule has 0 aromatic carbocycles. The van der Waals surface area contributed by atoms with Crippen molar-refractivity contribution >= 4 is 11.9 Å². The molecule has 5 nitrogen and oxygen atoms in total. The summed E-state index contributed by atoms with van der Waals surface area (Å²) in [5, 5.41) is 11.5. The molecule has 1 fully saturated rings. The van der Waals surface area contributed by atoms with Crippen molar-refractivity contribution in [3.8, 4) is 0 Å². The van der Waals surface area contributed by atoms with Crippen molar-refractivity contribution in [1.82, 2.24) is 10.2 Å². The normalized spacial score (nSPS) is 18.6. The van der Waals surface area contributed by atoms with Crippen LogP contribution in [0.15, 0.2) is 0 Å². The fourth-order valence-electron chi connectivity index (χ4n) is 2.47. The second kappa shape index (κ2) is 8.91. The number of hydrogen-bond acceptors (Lipinski definition) is 3. The van der Waals surface area contributed by atoms with Crippen LogP contribution in [0.25, 0.3) is 0 Å². The lowest BCUT2D eigenvalue weighted by atomic mass is 10.0. The molecule has 1 amide bonds.